The van der Waals surface area contributed by atoms with Crippen LogP contribution in [0, 0.1) is 16.7 Å². The van der Waals surface area contributed by atoms with E-state index in [9.17, 15) is 14.4 Å². The van der Waals surface area contributed by atoms with Gasteiger partial charge in [0.1, 0.15) is 6.04 Å². The third-order valence-electron chi connectivity index (χ3n) is 6.92. The van der Waals surface area contributed by atoms with E-state index >= 15 is 0 Å². The zero-order chi connectivity index (χ0) is 19.8. The maximum absolute atomic E-state index is 12.3. The van der Waals surface area contributed by atoms with Crippen molar-refractivity contribution in [3.8, 4) is 0 Å². The zero-order valence-electron chi connectivity index (χ0n) is 16.3. The molecule has 0 unspecified atom stereocenters. The second-order valence-corrected chi connectivity index (χ2v) is 8.51. The van der Waals surface area contributed by atoms with Crippen molar-refractivity contribution in [3.05, 3.63) is 24.2 Å². The number of hydrogen-bond donors (Lipinski definition) is 2. The van der Waals surface area contributed by atoms with E-state index in [4.69, 9.17) is 9.15 Å². The predicted octanol–water partition coefficient (Wildman–Crippen LogP) is 2.27. The maximum Gasteiger partial charge on any atom is 0.328 e. The number of amides is 2. The highest BCUT2D eigenvalue weighted by molar-refractivity contribution is 5.94. The molecule has 2 aliphatic carbocycles. The Labute approximate surface area is 159 Å². The Balaban J connectivity index is 1.45. The summed E-state index contributed by atoms with van der Waals surface area (Å²) in [5, 5.41) is 5.52. The Hall–Kier alpha value is -2.31. The van der Waals surface area contributed by atoms with Gasteiger partial charge in [0.15, 0.2) is 12.4 Å². The van der Waals surface area contributed by atoms with E-state index in [-0.39, 0.29) is 35.1 Å². The van der Waals surface area contributed by atoms with Crippen LogP contribution in [0.1, 0.15) is 57.5 Å². The molecule has 0 spiro atoms. The second kappa shape index (κ2) is 7.02. The molecular weight excluding hydrogens is 348 g/mol. The maximum atomic E-state index is 12.3. The average Bonchev–Trinajstić information content (AvgIpc) is 3.26. The second-order valence-electron chi connectivity index (χ2n) is 8.51. The minimum absolute atomic E-state index is 0.0711. The van der Waals surface area contributed by atoms with Crippen LogP contribution in [-0.4, -0.2) is 36.5 Å². The summed E-state index contributed by atoms with van der Waals surface area (Å²) < 4.78 is 10.0. The molecule has 27 heavy (non-hydrogen) atoms. The number of ether oxygens (including phenoxy) is 1. The van der Waals surface area contributed by atoms with Crippen molar-refractivity contribution in [1.29, 1.82) is 0 Å². The molecule has 1 heterocycles. The minimum atomic E-state index is -0.880. The largest absolute Gasteiger partial charge is 0.459 e. The average molecular weight is 376 g/mol. The molecule has 1 aromatic heterocycles. The summed E-state index contributed by atoms with van der Waals surface area (Å²) in [7, 11) is 0. The summed E-state index contributed by atoms with van der Waals surface area (Å²) in [6.07, 6.45) is 4.65. The molecule has 2 N–H and O–H groups in total. The smallest absolute Gasteiger partial charge is 0.328 e. The van der Waals surface area contributed by atoms with Gasteiger partial charge in [0.25, 0.3) is 11.8 Å². The normalized spacial score (nSPS) is 29.2. The van der Waals surface area contributed by atoms with Gasteiger partial charge in [-0.3, -0.25) is 9.59 Å². The Bertz CT molecular complexity index is 727. The number of rotatable bonds is 6. The van der Waals surface area contributed by atoms with Gasteiger partial charge in [0, 0.05) is 6.04 Å². The van der Waals surface area contributed by atoms with E-state index in [1.165, 1.54) is 25.7 Å². The van der Waals surface area contributed by atoms with Crippen molar-refractivity contribution < 1.29 is 23.5 Å². The van der Waals surface area contributed by atoms with Gasteiger partial charge in [0.2, 0.25) is 0 Å². The van der Waals surface area contributed by atoms with Crippen molar-refractivity contribution in [2.45, 2.75) is 59.0 Å². The van der Waals surface area contributed by atoms with Gasteiger partial charge >= 0.3 is 5.97 Å². The van der Waals surface area contributed by atoms with Crippen LogP contribution in [-0.2, 0) is 14.3 Å². The number of furan rings is 1. The quantitative estimate of drug-likeness (QED) is 0.742. The SMILES string of the molecule is C[C@@H](NC(=O)c1ccco1)C(=O)OCC(=O)N[C@H]1C[C@H]2CC[C@@]1(C)C2(C)C. The molecule has 2 fully saturated rings. The van der Waals surface area contributed by atoms with Crippen LogP contribution in [0.15, 0.2) is 22.8 Å². The van der Waals surface area contributed by atoms with Crippen LogP contribution >= 0.6 is 0 Å². The summed E-state index contributed by atoms with van der Waals surface area (Å²) in [6, 6.07) is 2.31. The van der Waals surface area contributed by atoms with Crippen molar-refractivity contribution in [2.75, 3.05) is 6.61 Å². The number of fused-ring (bicyclic) bond motifs is 2. The van der Waals surface area contributed by atoms with Crippen LogP contribution in [0.3, 0.4) is 0 Å². The molecule has 7 nitrogen and oxygen atoms in total. The topological polar surface area (TPSA) is 97.6 Å². The lowest BCUT2D eigenvalue weighted by Crippen LogP contribution is -2.48. The molecule has 0 aromatic carbocycles. The monoisotopic (exact) mass is 376 g/mol. The molecule has 7 heteroatoms. The fourth-order valence-corrected chi connectivity index (χ4v) is 4.65. The van der Waals surface area contributed by atoms with Crippen molar-refractivity contribution in [1.82, 2.24) is 10.6 Å². The molecule has 2 amide bonds. The fraction of sp³-hybridized carbons (Fsp3) is 0.650. The van der Waals surface area contributed by atoms with E-state index in [2.05, 4.69) is 31.4 Å². The molecule has 0 radical (unpaired) electrons. The molecule has 1 aromatic rings. The third kappa shape index (κ3) is 3.47. The summed E-state index contributed by atoms with van der Waals surface area (Å²) >= 11 is 0. The molecule has 3 rings (SSSR count). The van der Waals surface area contributed by atoms with Crippen molar-refractivity contribution in [2.24, 2.45) is 16.7 Å². The van der Waals surface area contributed by atoms with E-state index in [1.54, 1.807) is 6.07 Å². The van der Waals surface area contributed by atoms with Crippen LogP contribution in [0.5, 0.6) is 0 Å². The Morgan fingerprint density at radius 2 is 2.07 bits per heavy atom. The first-order valence-corrected chi connectivity index (χ1v) is 9.45. The Kier molecular flexibility index (Phi) is 5.06. The first kappa shape index (κ1) is 19.5. The van der Waals surface area contributed by atoms with Gasteiger partial charge in [-0.2, -0.15) is 0 Å². The number of carbonyl (C=O) groups is 3. The van der Waals surface area contributed by atoms with Gasteiger partial charge in [-0.05, 0) is 55.1 Å². The predicted molar refractivity (Wildman–Crippen MR) is 97.8 cm³/mol. The molecule has 148 valence electrons. The molecular formula is C20H28N2O5. The van der Waals surface area contributed by atoms with Gasteiger partial charge in [-0.1, -0.05) is 20.8 Å². The number of esters is 1. The Morgan fingerprint density at radius 1 is 1.33 bits per heavy atom. The molecule has 0 aliphatic heterocycles. The van der Waals surface area contributed by atoms with Crippen LogP contribution in [0.4, 0.5) is 0 Å². The van der Waals surface area contributed by atoms with Gasteiger partial charge in [-0.25, -0.2) is 4.79 Å². The minimum Gasteiger partial charge on any atom is -0.459 e. The van der Waals surface area contributed by atoms with E-state index in [1.807, 2.05) is 0 Å². The summed E-state index contributed by atoms with van der Waals surface area (Å²) in [6.45, 7) is 7.95. The highest BCUT2D eigenvalue weighted by Crippen LogP contribution is 2.65. The van der Waals surface area contributed by atoms with E-state index in [0.29, 0.717) is 5.92 Å². The van der Waals surface area contributed by atoms with E-state index < -0.39 is 17.9 Å². The third-order valence-corrected chi connectivity index (χ3v) is 6.92. The molecule has 0 saturated heterocycles. The standard InChI is InChI=1S/C20H28N2O5/c1-12(21-17(24)14-6-5-9-26-14)18(25)27-11-16(23)22-15-10-13-7-8-20(15,4)19(13,2)3/h5-6,9,12-13,15H,7-8,10-11H2,1-4H3,(H,21,24)(H,22,23)/t12-,13-,15+,20-/m1/s1. The lowest BCUT2D eigenvalue weighted by Gasteiger charge is -2.39. The summed E-state index contributed by atoms with van der Waals surface area (Å²) in [5.74, 6) is -0.746. The molecule has 2 saturated carbocycles. The molecule has 2 aliphatic rings. The fourth-order valence-electron chi connectivity index (χ4n) is 4.65. The van der Waals surface area contributed by atoms with Crippen LogP contribution in [0.25, 0.3) is 0 Å². The first-order chi connectivity index (χ1) is 12.6. The Morgan fingerprint density at radius 3 is 2.63 bits per heavy atom. The number of nitrogens with one attached hydrogen (secondary N) is 2. The lowest BCUT2D eigenvalue weighted by molar-refractivity contribution is -0.150. The molecule has 4 atom stereocenters. The highest BCUT2D eigenvalue weighted by Gasteiger charge is 2.61. The number of hydrogen-bond acceptors (Lipinski definition) is 5. The van der Waals surface area contributed by atoms with Gasteiger partial charge in [0.05, 0.1) is 6.26 Å². The van der Waals surface area contributed by atoms with Gasteiger partial charge in [-0.15, -0.1) is 0 Å². The zero-order valence-corrected chi connectivity index (χ0v) is 16.3. The van der Waals surface area contributed by atoms with E-state index in [0.717, 1.165) is 12.8 Å². The van der Waals surface area contributed by atoms with Crippen molar-refractivity contribution >= 4 is 17.8 Å². The first-order valence-electron chi connectivity index (χ1n) is 9.45. The van der Waals surface area contributed by atoms with Crippen LogP contribution < -0.4 is 10.6 Å². The summed E-state index contributed by atoms with van der Waals surface area (Å²) in [4.78, 5) is 36.2. The highest BCUT2D eigenvalue weighted by atomic mass is 16.5. The lowest BCUT2D eigenvalue weighted by atomic mass is 9.69. The van der Waals surface area contributed by atoms with Crippen molar-refractivity contribution in [3.63, 3.8) is 0 Å². The number of carbonyl (C=O) groups excluding carboxylic acids is 3. The molecule has 2 bridgehead atoms. The van der Waals surface area contributed by atoms with Gasteiger partial charge < -0.3 is 19.8 Å². The summed E-state index contributed by atoms with van der Waals surface area (Å²) in [5.41, 5.74) is 0.272. The van der Waals surface area contributed by atoms with Crippen LogP contribution in [0.2, 0.25) is 0 Å².